The van der Waals surface area contributed by atoms with Crippen LogP contribution >= 0.6 is 0 Å². The molecule has 0 saturated heterocycles. The predicted molar refractivity (Wildman–Crippen MR) is 128 cm³/mol. The highest BCUT2D eigenvalue weighted by molar-refractivity contribution is 7.92. The molecule has 8 nitrogen and oxygen atoms in total. The molecular weight excluding hydrogens is 442 g/mol. The molecule has 0 aromatic heterocycles. The summed E-state index contributed by atoms with van der Waals surface area (Å²) in [5, 5.41) is 4.30. The van der Waals surface area contributed by atoms with Gasteiger partial charge in [-0.1, -0.05) is 37.5 Å². The Morgan fingerprint density at radius 2 is 1.58 bits per heavy atom. The largest absolute Gasteiger partial charge is 0.493 e. The summed E-state index contributed by atoms with van der Waals surface area (Å²) >= 11 is 0. The molecule has 1 aliphatic rings. The first-order valence-electron chi connectivity index (χ1n) is 11.1. The SMILES string of the molecule is COc1ccc(S(=O)(=O)N(CC(=O)NN=C2CCCCCCC2)c2ccccc2)cc1OC. The fourth-order valence-electron chi connectivity index (χ4n) is 3.75. The molecule has 9 heteroatoms. The van der Waals surface area contributed by atoms with E-state index in [4.69, 9.17) is 9.47 Å². The van der Waals surface area contributed by atoms with E-state index in [2.05, 4.69) is 10.5 Å². The van der Waals surface area contributed by atoms with Crippen molar-refractivity contribution in [2.45, 2.75) is 49.8 Å². The Hall–Kier alpha value is -3.07. The molecule has 2 aromatic rings. The molecule has 3 rings (SSSR count). The second kappa shape index (κ2) is 11.7. The fraction of sp³-hybridized carbons (Fsp3) is 0.417. The van der Waals surface area contributed by atoms with Gasteiger partial charge in [0.05, 0.1) is 24.8 Å². The number of nitrogens with zero attached hydrogens (tertiary/aromatic N) is 2. The number of carbonyl (C=O) groups excluding carboxylic acids is 1. The van der Waals surface area contributed by atoms with Gasteiger partial charge in [0.15, 0.2) is 11.5 Å². The van der Waals surface area contributed by atoms with Crippen LogP contribution in [0, 0.1) is 0 Å². The Balaban J connectivity index is 1.85. The number of amides is 1. The van der Waals surface area contributed by atoms with Gasteiger partial charge in [-0.15, -0.1) is 0 Å². The van der Waals surface area contributed by atoms with Crippen LogP contribution in [0.15, 0.2) is 58.5 Å². The van der Waals surface area contributed by atoms with Gasteiger partial charge in [0, 0.05) is 11.8 Å². The van der Waals surface area contributed by atoms with Crippen molar-refractivity contribution < 1.29 is 22.7 Å². The molecule has 0 bridgehead atoms. The van der Waals surface area contributed by atoms with Gasteiger partial charge < -0.3 is 9.47 Å². The van der Waals surface area contributed by atoms with Crippen LogP contribution in [0.2, 0.25) is 0 Å². The number of benzene rings is 2. The van der Waals surface area contributed by atoms with Crippen molar-refractivity contribution in [1.29, 1.82) is 0 Å². The smallest absolute Gasteiger partial charge is 0.264 e. The van der Waals surface area contributed by atoms with Gasteiger partial charge in [-0.2, -0.15) is 5.10 Å². The molecular formula is C24H31N3O5S. The summed E-state index contributed by atoms with van der Waals surface area (Å²) in [7, 11) is -1.16. The third-order valence-corrected chi connectivity index (χ3v) is 7.31. The fourth-order valence-corrected chi connectivity index (χ4v) is 5.18. The maximum atomic E-state index is 13.5. The maximum Gasteiger partial charge on any atom is 0.264 e. The summed E-state index contributed by atoms with van der Waals surface area (Å²) in [6.07, 6.45) is 7.38. The number of hydrogen-bond acceptors (Lipinski definition) is 6. The van der Waals surface area contributed by atoms with E-state index in [9.17, 15) is 13.2 Å². The Labute approximate surface area is 195 Å². The minimum atomic E-state index is -4.07. The molecule has 1 aliphatic carbocycles. The molecule has 0 unspecified atom stereocenters. The number of nitrogens with one attached hydrogen (secondary N) is 1. The first-order valence-corrected chi connectivity index (χ1v) is 12.5. The van der Waals surface area contributed by atoms with E-state index >= 15 is 0 Å². The average Bonchev–Trinajstić information content (AvgIpc) is 2.81. The molecule has 0 spiro atoms. The van der Waals surface area contributed by atoms with Crippen molar-refractivity contribution in [3.63, 3.8) is 0 Å². The molecule has 2 aromatic carbocycles. The predicted octanol–water partition coefficient (Wildman–Crippen LogP) is 4.12. The van der Waals surface area contributed by atoms with Gasteiger partial charge in [-0.3, -0.25) is 9.10 Å². The van der Waals surface area contributed by atoms with Crippen molar-refractivity contribution >= 4 is 27.3 Å². The second-order valence-corrected chi connectivity index (χ2v) is 9.71. The first-order chi connectivity index (χ1) is 16.0. The molecule has 0 radical (unpaired) electrons. The van der Waals surface area contributed by atoms with E-state index in [1.807, 2.05) is 0 Å². The molecule has 0 atom stereocenters. The number of hydrazone groups is 1. The highest BCUT2D eigenvalue weighted by atomic mass is 32.2. The first kappa shape index (κ1) is 24.6. The summed E-state index contributed by atoms with van der Waals surface area (Å²) < 4.78 is 38.6. The molecule has 1 saturated carbocycles. The van der Waals surface area contributed by atoms with Gasteiger partial charge in [-0.25, -0.2) is 13.8 Å². The number of methoxy groups -OCH3 is 2. The second-order valence-electron chi connectivity index (χ2n) is 7.84. The molecule has 1 amide bonds. The van der Waals surface area contributed by atoms with Gasteiger partial charge in [0.2, 0.25) is 0 Å². The van der Waals surface area contributed by atoms with Gasteiger partial charge in [0.25, 0.3) is 15.9 Å². The Kier molecular flexibility index (Phi) is 8.71. The minimum Gasteiger partial charge on any atom is -0.493 e. The summed E-state index contributed by atoms with van der Waals surface area (Å²) in [6.45, 7) is -0.405. The van der Waals surface area contributed by atoms with Crippen molar-refractivity contribution in [2.24, 2.45) is 5.10 Å². The van der Waals surface area contributed by atoms with Crippen LogP contribution in [0.25, 0.3) is 0 Å². The zero-order valence-electron chi connectivity index (χ0n) is 19.1. The highest BCUT2D eigenvalue weighted by Gasteiger charge is 2.28. The van der Waals surface area contributed by atoms with E-state index in [-0.39, 0.29) is 10.6 Å². The number of ether oxygens (including phenoxy) is 2. The van der Waals surface area contributed by atoms with Crippen LogP contribution in [0.3, 0.4) is 0 Å². The van der Waals surface area contributed by atoms with Crippen LogP contribution in [0.5, 0.6) is 11.5 Å². The quantitative estimate of drug-likeness (QED) is 0.582. The Morgan fingerprint density at radius 1 is 0.939 bits per heavy atom. The topological polar surface area (TPSA) is 97.3 Å². The van der Waals surface area contributed by atoms with E-state index < -0.39 is 22.5 Å². The summed E-state index contributed by atoms with van der Waals surface area (Å²) in [5.74, 6) is 0.194. The van der Waals surface area contributed by atoms with Crippen molar-refractivity contribution in [3.8, 4) is 11.5 Å². The number of rotatable bonds is 8. The highest BCUT2D eigenvalue weighted by Crippen LogP contribution is 2.32. The van der Waals surface area contributed by atoms with Gasteiger partial charge in [0.1, 0.15) is 6.54 Å². The standard InChI is InChI=1S/C24H31N3O5S/c1-31-22-16-15-21(17-23(22)32-2)33(29,30)27(20-13-9-6-10-14-20)18-24(28)26-25-19-11-7-4-3-5-8-12-19/h6,9-10,13-17H,3-5,7-8,11-12,18H2,1-2H3,(H,26,28). The lowest BCUT2D eigenvalue weighted by Crippen LogP contribution is -2.39. The lowest BCUT2D eigenvalue weighted by molar-refractivity contribution is -0.119. The van der Waals surface area contributed by atoms with Crippen LogP contribution in [-0.2, 0) is 14.8 Å². The van der Waals surface area contributed by atoms with Crippen LogP contribution in [0.1, 0.15) is 44.9 Å². The number of sulfonamides is 1. The van der Waals surface area contributed by atoms with E-state index in [1.54, 1.807) is 30.3 Å². The molecule has 0 heterocycles. The van der Waals surface area contributed by atoms with E-state index in [1.165, 1.54) is 38.8 Å². The number of anilines is 1. The number of hydrogen-bond donors (Lipinski definition) is 1. The third kappa shape index (κ3) is 6.47. The van der Waals surface area contributed by atoms with Gasteiger partial charge >= 0.3 is 0 Å². The molecule has 0 aliphatic heterocycles. The third-order valence-electron chi connectivity index (χ3n) is 5.54. The van der Waals surface area contributed by atoms with Crippen LogP contribution in [-0.4, -0.2) is 40.8 Å². The molecule has 33 heavy (non-hydrogen) atoms. The lowest BCUT2D eigenvalue weighted by Gasteiger charge is -2.24. The number of carbonyl (C=O) groups is 1. The van der Waals surface area contributed by atoms with Gasteiger partial charge in [-0.05, 0) is 49.9 Å². The Bertz CT molecular complexity index is 1060. The minimum absolute atomic E-state index is 0.0110. The average molecular weight is 474 g/mol. The lowest BCUT2D eigenvalue weighted by atomic mass is 9.99. The number of para-hydroxylation sites is 1. The molecule has 1 N–H and O–H groups in total. The van der Waals surface area contributed by atoms with Crippen molar-refractivity contribution in [2.75, 3.05) is 25.1 Å². The zero-order valence-corrected chi connectivity index (χ0v) is 19.9. The summed E-state index contributed by atoms with van der Waals surface area (Å²) in [5.41, 5.74) is 3.89. The normalized spacial score (nSPS) is 14.5. The van der Waals surface area contributed by atoms with Crippen molar-refractivity contribution in [1.82, 2.24) is 5.43 Å². The van der Waals surface area contributed by atoms with E-state index in [0.717, 1.165) is 48.5 Å². The van der Waals surface area contributed by atoms with Crippen LogP contribution in [0.4, 0.5) is 5.69 Å². The van der Waals surface area contributed by atoms with Crippen molar-refractivity contribution in [3.05, 3.63) is 48.5 Å². The van der Waals surface area contributed by atoms with Crippen LogP contribution < -0.4 is 19.2 Å². The summed E-state index contributed by atoms with van der Waals surface area (Å²) in [6, 6.07) is 12.9. The summed E-state index contributed by atoms with van der Waals surface area (Å²) in [4.78, 5) is 12.7. The molecule has 178 valence electrons. The monoisotopic (exact) mass is 473 g/mol. The van der Waals surface area contributed by atoms with E-state index in [0.29, 0.717) is 11.4 Å². The Morgan fingerprint density at radius 3 is 2.21 bits per heavy atom. The maximum absolute atomic E-state index is 13.5. The zero-order chi connectivity index (χ0) is 23.7. The molecule has 1 fully saturated rings.